The largest absolute Gasteiger partial charge is 0.350 e. The van der Waals surface area contributed by atoms with Crippen molar-refractivity contribution in [2.24, 2.45) is 10.8 Å². The van der Waals surface area contributed by atoms with Crippen molar-refractivity contribution in [2.75, 3.05) is 0 Å². The first-order valence-electron chi connectivity index (χ1n) is 3.24. The third-order valence-corrected chi connectivity index (χ3v) is 1.51. The van der Waals surface area contributed by atoms with Crippen molar-refractivity contribution in [3.05, 3.63) is 0 Å². The van der Waals surface area contributed by atoms with Crippen LogP contribution >= 0.6 is 0 Å². The molecule has 0 aromatic rings. The van der Waals surface area contributed by atoms with Crippen LogP contribution in [0.25, 0.3) is 0 Å². The van der Waals surface area contributed by atoms with E-state index in [0.717, 1.165) is 12.1 Å². The van der Waals surface area contributed by atoms with E-state index in [2.05, 4.69) is 5.10 Å². The van der Waals surface area contributed by atoms with E-state index in [1.165, 1.54) is 5.01 Å². The first-order chi connectivity index (χ1) is 4.61. The van der Waals surface area contributed by atoms with Gasteiger partial charge in [-0.25, -0.2) is 9.80 Å². The number of nitrogens with two attached hydrogens (primary N) is 1. The maximum absolute atomic E-state index is 10.6. The molecule has 10 heavy (non-hydrogen) atoms. The minimum Gasteiger partial charge on any atom is -0.350 e. The van der Waals surface area contributed by atoms with Gasteiger partial charge in [0.1, 0.15) is 0 Å². The molecule has 4 nitrogen and oxygen atoms in total. The number of hydrogen-bond acceptors (Lipinski definition) is 2. The van der Waals surface area contributed by atoms with E-state index in [1.54, 1.807) is 0 Å². The fourth-order valence-corrected chi connectivity index (χ4v) is 1.10. The van der Waals surface area contributed by atoms with Gasteiger partial charge in [-0.05, 0) is 13.8 Å². The number of primary amides is 1. The monoisotopic (exact) mass is 141 g/mol. The summed E-state index contributed by atoms with van der Waals surface area (Å²) in [4.78, 5) is 10.6. The Balaban J connectivity index is 2.69. The highest BCUT2D eigenvalue weighted by Gasteiger charge is 2.23. The van der Waals surface area contributed by atoms with Crippen LogP contribution in [-0.2, 0) is 0 Å². The fraction of sp³-hybridized carbons (Fsp3) is 0.667. The summed E-state index contributed by atoms with van der Waals surface area (Å²) in [5.74, 6) is 0. The zero-order chi connectivity index (χ0) is 7.72. The van der Waals surface area contributed by atoms with Crippen LogP contribution in [0.2, 0.25) is 0 Å². The molecule has 0 radical (unpaired) electrons. The summed E-state index contributed by atoms with van der Waals surface area (Å²) in [5.41, 5.74) is 5.99. The van der Waals surface area contributed by atoms with Crippen LogP contribution in [0, 0.1) is 0 Å². The van der Waals surface area contributed by atoms with Gasteiger partial charge >= 0.3 is 6.03 Å². The molecule has 0 saturated heterocycles. The van der Waals surface area contributed by atoms with Crippen molar-refractivity contribution in [2.45, 2.75) is 26.3 Å². The van der Waals surface area contributed by atoms with E-state index >= 15 is 0 Å². The zero-order valence-electron chi connectivity index (χ0n) is 6.16. The highest BCUT2D eigenvalue weighted by atomic mass is 16.2. The molecule has 1 unspecified atom stereocenters. The van der Waals surface area contributed by atoms with Gasteiger partial charge in [0.15, 0.2) is 0 Å². The van der Waals surface area contributed by atoms with Crippen molar-refractivity contribution < 1.29 is 4.79 Å². The Kier molecular flexibility index (Phi) is 1.61. The van der Waals surface area contributed by atoms with Crippen LogP contribution in [0.5, 0.6) is 0 Å². The molecule has 0 aliphatic carbocycles. The first-order valence-corrected chi connectivity index (χ1v) is 3.24. The molecule has 0 aromatic heterocycles. The Hall–Kier alpha value is -1.06. The number of carbonyl (C=O) groups is 1. The summed E-state index contributed by atoms with van der Waals surface area (Å²) in [5, 5.41) is 5.26. The molecule has 2 amide bonds. The molecule has 1 atom stereocenters. The molecule has 0 bridgehead atoms. The number of urea groups is 1. The fourth-order valence-electron chi connectivity index (χ4n) is 1.10. The minimum absolute atomic E-state index is 0.137. The Labute approximate surface area is 59.7 Å². The quantitative estimate of drug-likeness (QED) is 0.525. The van der Waals surface area contributed by atoms with Gasteiger partial charge in [0, 0.05) is 12.1 Å². The highest BCUT2D eigenvalue weighted by molar-refractivity contribution is 5.87. The van der Waals surface area contributed by atoms with Gasteiger partial charge in [-0.2, -0.15) is 5.10 Å². The zero-order valence-corrected chi connectivity index (χ0v) is 6.16. The minimum atomic E-state index is -0.468. The molecule has 0 aromatic carbocycles. The van der Waals surface area contributed by atoms with Gasteiger partial charge in [0.2, 0.25) is 0 Å². The Bertz CT molecular complexity index is 187. The van der Waals surface area contributed by atoms with Crippen molar-refractivity contribution in [3.8, 4) is 0 Å². The summed E-state index contributed by atoms with van der Waals surface area (Å²) < 4.78 is 0. The molecule has 2 N–H and O–H groups in total. The average molecular weight is 141 g/mol. The summed E-state index contributed by atoms with van der Waals surface area (Å²) in [6.07, 6.45) is 0.836. The van der Waals surface area contributed by atoms with Crippen molar-refractivity contribution in [3.63, 3.8) is 0 Å². The molecule has 1 heterocycles. The lowest BCUT2D eigenvalue weighted by Crippen LogP contribution is -2.34. The predicted octanol–water partition coefficient (Wildman–Crippen LogP) is 0.535. The van der Waals surface area contributed by atoms with Crippen LogP contribution in [0.15, 0.2) is 5.10 Å². The molecular formula is C6H11N3O. The molecule has 1 aliphatic heterocycles. The Morgan fingerprint density at radius 1 is 1.90 bits per heavy atom. The number of carbonyl (C=O) groups excluding carboxylic acids is 1. The molecule has 1 rings (SSSR count). The molecule has 56 valence electrons. The van der Waals surface area contributed by atoms with Gasteiger partial charge in [-0.1, -0.05) is 0 Å². The second-order valence-corrected chi connectivity index (χ2v) is 2.57. The molecule has 0 saturated carbocycles. The highest BCUT2D eigenvalue weighted by Crippen LogP contribution is 2.13. The second kappa shape index (κ2) is 2.28. The van der Waals surface area contributed by atoms with Crippen LogP contribution in [0.4, 0.5) is 4.79 Å². The van der Waals surface area contributed by atoms with E-state index in [0.29, 0.717) is 0 Å². The molecule has 4 heteroatoms. The van der Waals surface area contributed by atoms with Crippen LogP contribution < -0.4 is 5.73 Å². The van der Waals surface area contributed by atoms with Gasteiger partial charge in [-0.15, -0.1) is 0 Å². The molecule has 0 fully saturated rings. The van der Waals surface area contributed by atoms with E-state index in [1.807, 2.05) is 13.8 Å². The molecule has 1 aliphatic rings. The third-order valence-electron chi connectivity index (χ3n) is 1.51. The van der Waals surface area contributed by atoms with Crippen molar-refractivity contribution >= 4 is 11.7 Å². The number of hydrazone groups is 1. The van der Waals surface area contributed by atoms with Gasteiger partial charge in [0.05, 0.1) is 6.04 Å². The predicted molar refractivity (Wildman–Crippen MR) is 38.6 cm³/mol. The lowest BCUT2D eigenvalue weighted by atomic mass is 10.2. The third kappa shape index (κ3) is 1.10. The normalized spacial score (nSPS) is 24.8. The second-order valence-electron chi connectivity index (χ2n) is 2.57. The summed E-state index contributed by atoms with van der Waals surface area (Å²) in [7, 11) is 0. The number of hydrogen-bond donors (Lipinski definition) is 1. The van der Waals surface area contributed by atoms with E-state index in [-0.39, 0.29) is 6.04 Å². The topological polar surface area (TPSA) is 58.7 Å². The molecule has 0 spiro atoms. The van der Waals surface area contributed by atoms with Gasteiger partial charge in [0.25, 0.3) is 0 Å². The van der Waals surface area contributed by atoms with Crippen molar-refractivity contribution in [1.82, 2.24) is 5.01 Å². The lowest BCUT2D eigenvalue weighted by molar-refractivity contribution is 0.200. The van der Waals surface area contributed by atoms with Gasteiger partial charge in [-0.3, -0.25) is 0 Å². The van der Waals surface area contributed by atoms with E-state index in [4.69, 9.17) is 5.73 Å². The summed E-state index contributed by atoms with van der Waals surface area (Å²) in [6, 6.07) is -0.332. The molecular weight excluding hydrogens is 130 g/mol. The Morgan fingerprint density at radius 3 is 2.70 bits per heavy atom. The SMILES string of the molecule is CC1=NN(C(N)=O)C(C)C1. The smallest absolute Gasteiger partial charge is 0.335 e. The summed E-state index contributed by atoms with van der Waals surface area (Å²) in [6.45, 7) is 3.81. The average Bonchev–Trinajstić information content (AvgIpc) is 2.10. The van der Waals surface area contributed by atoms with E-state index < -0.39 is 6.03 Å². The number of nitrogens with zero attached hydrogens (tertiary/aromatic N) is 2. The number of amides is 2. The van der Waals surface area contributed by atoms with Crippen molar-refractivity contribution in [1.29, 1.82) is 0 Å². The lowest BCUT2D eigenvalue weighted by Gasteiger charge is -2.13. The maximum Gasteiger partial charge on any atom is 0.335 e. The summed E-state index contributed by atoms with van der Waals surface area (Å²) >= 11 is 0. The van der Waals surface area contributed by atoms with Crippen LogP contribution in [0.1, 0.15) is 20.3 Å². The van der Waals surface area contributed by atoms with Crippen LogP contribution in [0.3, 0.4) is 0 Å². The standard InChI is InChI=1S/C6H11N3O/c1-4-3-5(2)9(8-4)6(7)10/h5H,3H2,1-2H3,(H2,7,10). The van der Waals surface area contributed by atoms with Crippen LogP contribution in [-0.4, -0.2) is 22.8 Å². The van der Waals surface area contributed by atoms with E-state index in [9.17, 15) is 4.79 Å². The van der Waals surface area contributed by atoms with Gasteiger partial charge < -0.3 is 5.73 Å². The Morgan fingerprint density at radius 2 is 2.50 bits per heavy atom. The first kappa shape index (κ1) is 7.05. The maximum atomic E-state index is 10.6. The number of rotatable bonds is 0.